The minimum atomic E-state index is -3.93. The van der Waals surface area contributed by atoms with Gasteiger partial charge < -0.3 is 14.8 Å². The van der Waals surface area contributed by atoms with Crippen LogP contribution in [0, 0.1) is 5.82 Å². The van der Waals surface area contributed by atoms with Crippen LogP contribution in [0.2, 0.25) is 0 Å². The molecule has 10 nitrogen and oxygen atoms in total. The first-order valence-corrected chi connectivity index (χ1v) is 13.6. The van der Waals surface area contributed by atoms with Crippen molar-refractivity contribution in [3.63, 3.8) is 0 Å². The van der Waals surface area contributed by atoms with Crippen LogP contribution in [-0.2, 0) is 36.1 Å². The highest BCUT2D eigenvalue weighted by molar-refractivity contribution is 7.89. The van der Waals surface area contributed by atoms with Crippen molar-refractivity contribution in [3.8, 4) is 5.75 Å². The predicted octanol–water partition coefficient (Wildman–Crippen LogP) is 1.26. The highest BCUT2D eigenvalue weighted by atomic mass is 32.2. The highest BCUT2D eigenvalue weighted by Crippen LogP contribution is 2.30. The van der Waals surface area contributed by atoms with Gasteiger partial charge in [0.05, 0.1) is 33.1 Å². The first-order chi connectivity index (χ1) is 16.0. The maximum atomic E-state index is 14.0. The molecule has 1 aliphatic rings. The maximum Gasteiger partial charge on any atom is 0.246 e. The number of ether oxygens (including phenoxy) is 2. The summed E-state index contributed by atoms with van der Waals surface area (Å²) in [6.07, 6.45) is 0.918. The SMILES string of the molecule is COc1ccc(NC(=O)CN(Cc2ccccc2F)S(C)(=O)=O)cc1S(=O)(=O)N1CCOCC1. The Kier molecular flexibility index (Phi) is 8.25. The first kappa shape index (κ1) is 26.0. The van der Waals surface area contributed by atoms with Gasteiger partial charge in [0.1, 0.15) is 16.5 Å². The second-order valence-electron chi connectivity index (χ2n) is 7.55. The topological polar surface area (TPSA) is 122 Å². The van der Waals surface area contributed by atoms with Gasteiger partial charge in [-0.2, -0.15) is 8.61 Å². The van der Waals surface area contributed by atoms with Gasteiger partial charge in [-0.3, -0.25) is 4.79 Å². The number of morpholine rings is 1. The molecule has 0 atom stereocenters. The molecule has 0 aromatic heterocycles. The summed E-state index contributed by atoms with van der Waals surface area (Å²) in [4.78, 5) is 12.5. The molecule has 2 aromatic carbocycles. The molecule has 2 aromatic rings. The molecule has 1 aliphatic heterocycles. The second-order valence-corrected chi connectivity index (χ2v) is 11.4. The molecule has 186 valence electrons. The van der Waals surface area contributed by atoms with Crippen molar-refractivity contribution in [1.82, 2.24) is 8.61 Å². The summed E-state index contributed by atoms with van der Waals surface area (Å²) in [6.45, 7) is -0.0333. The Hall–Kier alpha value is -2.58. The van der Waals surface area contributed by atoms with Crippen LogP contribution in [-0.4, -0.2) is 77.6 Å². The maximum absolute atomic E-state index is 14.0. The number of carbonyl (C=O) groups is 1. The van der Waals surface area contributed by atoms with Gasteiger partial charge in [-0.25, -0.2) is 21.2 Å². The number of rotatable bonds is 9. The first-order valence-electron chi connectivity index (χ1n) is 10.3. The lowest BCUT2D eigenvalue weighted by Crippen LogP contribution is -2.40. The fourth-order valence-electron chi connectivity index (χ4n) is 3.35. The van der Waals surface area contributed by atoms with E-state index in [0.29, 0.717) is 0 Å². The molecular weight excluding hydrogens is 489 g/mol. The number of nitrogens with one attached hydrogen (secondary N) is 1. The van der Waals surface area contributed by atoms with Crippen LogP contribution in [0.3, 0.4) is 0 Å². The Morgan fingerprint density at radius 2 is 1.82 bits per heavy atom. The number of nitrogens with zero attached hydrogens (tertiary/aromatic N) is 2. The zero-order chi connectivity index (χ0) is 24.9. The van der Waals surface area contributed by atoms with Gasteiger partial charge in [-0.15, -0.1) is 0 Å². The molecule has 0 spiro atoms. The van der Waals surface area contributed by atoms with Crippen LogP contribution in [0.5, 0.6) is 5.75 Å². The molecule has 1 heterocycles. The number of carbonyl (C=O) groups excluding carboxylic acids is 1. The number of hydrogen-bond acceptors (Lipinski definition) is 7. The van der Waals surface area contributed by atoms with Crippen LogP contribution in [0.4, 0.5) is 10.1 Å². The van der Waals surface area contributed by atoms with E-state index < -0.39 is 38.3 Å². The summed E-state index contributed by atoms with van der Waals surface area (Å²) in [5, 5.41) is 2.51. The van der Waals surface area contributed by atoms with E-state index >= 15 is 0 Å². The minimum absolute atomic E-state index is 0.0989. The Morgan fingerprint density at radius 1 is 1.15 bits per heavy atom. The second kappa shape index (κ2) is 10.8. The molecule has 0 bridgehead atoms. The van der Waals surface area contributed by atoms with Crippen molar-refractivity contribution in [2.75, 3.05) is 51.5 Å². The third-order valence-electron chi connectivity index (χ3n) is 5.13. The van der Waals surface area contributed by atoms with E-state index in [1.807, 2.05) is 0 Å². The van der Waals surface area contributed by atoms with Gasteiger partial charge in [0.15, 0.2) is 0 Å². The molecule has 1 saturated heterocycles. The summed E-state index contributed by atoms with van der Waals surface area (Å²) in [7, 11) is -6.45. The van der Waals surface area contributed by atoms with Crippen LogP contribution in [0.1, 0.15) is 5.56 Å². The van der Waals surface area contributed by atoms with E-state index in [9.17, 15) is 26.0 Å². The van der Waals surface area contributed by atoms with Crippen LogP contribution in [0.15, 0.2) is 47.4 Å². The fourth-order valence-corrected chi connectivity index (χ4v) is 5.66. The quantitative estimate of drug-likeness (QED) is 0.533. The number of sulfonamides is 2. The average molecular weight is 516 g/mol. The molecule has 34 heavy (non-hydrogen) atoms. The number of benzene rings is 2. The van der Waals surface area contributed by atoms with Crippen LogP contribution < -0.4 is 10.1 Å². The molecule has 0 saturated carbocycles. The Labute approximate surface area is 198 Å². The van der Waals surface area contributed by atoms with Crippen molar-refractivity contribution in [2.45, 2.75) is 11.4 Å². The van der Waals surface area contributed by atoms with E-state index in [-0.39, 0.29) is 54.7 Å². The van der Waals surface area contributed by atoms with E-state index in [4.69, 9.17) is 9.47 Å². The van der Waals surface area contributed by atoms with Crippen molar-refractivity contribution >= 4 is 31.6 Å². The zero-order valence-electron chi connectivity index (χ0n) is 18.7. The summed E-state index contributed by atoms with van der Waals surface area (Å²) in [6, 6.07) is 9.76. The van der Waals surface area contributed by atoms with Crippen molar-refractivity contribution in [1.29, 1.82) is 0 Å². The molecule has 1 fully saturated rings. The lowest BCUT2D eigenvalue weighted by Gasteiger charge is -2.27. The van der Waals surface area contributed by atoms with Crippen LogP contribution in [0.25, 0.3) is 0 Å². The number of amides is 1. The molecule has 0 radical (unpaired) electrons. The molecule has 3 rings (SSSR count). The monoisotopic (exact) mass is 515 g/mol. The smallest absolute Gasteiger partial charge is 0.246 e. The summed E-state index contributed by atoms with van der Waals surface area (Å²) in [5.74, 6) is -1.21. The molecule has 0 aliphatic carbocycles. The Bertz CT molecular complexity index is 1250. The average Bonchev–Trinajstić information content (AvgIpc) is 2.80. The minimum Gasteiger partial charge on any atom is -0.495 e. The van der Waals surface area contributed by atoms with Gasteiger partial charge in [0.25, 0.3) is 0 Å². The van der Waals surface area contributed by atoms with Gasteiger partial charge in [0, 0.05) is 30.9 Å². The number of methoxy groups -OCH3 is 1. The number of anilines is 1. The van der Waals surface area contributed by atoms with Gasteiger partial charge in [-0.1, -0.05) is 18.2 Å². The van der Waals surface area contributed by atoms with Gasteiger partial charge in [-0.05, 0) is 24.3 Å². The highest BCUT2D eigenvalue weighted by Gasteiger charge is 2.30. The number of halogens is 1. The number of hydrogen-bond donors (Lipinski definition) is 1. The molecule has 1 amide bonds. The van der Waals surface area contributed by atoms with Gasteiger partial charge >= 0.3 is 0 Å². The third kappa shape index (κ3) is 6.30. The third-order valence-corrected chi connectivity index (χ3v) is 8.24. The van der Waals surface area contributed by atoms with Crippen molar-refractivity contribution in [2.24, 2.45) is 0 Å². The Balaban J connectivity index is 1.80. The molecule has 0 unspecified atom stereocenters. The predicted molar refractivity (Wildman–Crippen MR) is 123 cm³/mol. The fraction of sp³-hybridized carbons (Fsp3) is 0.381. The van der Waals surface area contributed by atoms with E-state index in [1.165, 1.54) is 47.8 Å². The molecular formula is C21H26FN3O7S2. The summed E-state index contributed by atoms with van der Waals surface area (Å²) < 4.78 is 77.1. The van der Waals surface area contributed by atoms with E-state index in [1.54, 1.807) is 6.07 Å². The lowest BCUT2D eigenvalue weighted by molar-refractivity contribution is -0.116. The standard InChI is InChI=1S/C21H26FN3O7S2/c1-31-19-8-7-17(13-20(19)34(29,30)24-9-11-32-12-10-24)23-21(26)15-25(33(2,27)28)14-16-5-3-4-6-18(16)22/h3-8,13H,9-12,14-15H2,1-2H3,(H,23,26). The van der Waals surface area contributed by atoms with E-state index in [2.05, 4.69) is 5.32 Å². The largest absolute Gasteiger partial charge is 0.495 e. The molecule has 1 N–H and O–H groups in total. The van der Waals surface area contributed by atoms with E-state index in [0.717, 1.165) is 10.6 Å². The van der Waals surface area contributed by atoms with Crippen LogP contribution >= 0.6 is 0 Å². The zero-order valence-corrected chi connectivity index (χ0v) is 20.4. The van der Waals surface area contributed by atoms with Crippen molar-refractivity contribution in [3.05, 3.63) is 53.8 Å². The Morgan fingerprint density at radius 3 is 2.44 bits per heavy atom. The molecule has 13 heteroatoms. The van der Waals surface area contributed by atoms with Crippen molar-refractivity contribution < 1.29 is 35.5 Å². The summed E-state index contributed by atoms with van der Waals surface area (Å²) >= 11 is 0. The normalized spacial score (nSPS) is 15.3. The van der Waals surface area contributed by atoms with Gasteiger partial charge in [0.2, 0.25) is 26.0 Å². The lowest BCUT2D eigenvalue weighted by atomic mass is 10.2. The summed E-state index contributed by atoms with van der Waals surface area (Å²) in [5.41, 5.74) is 0.251.